The molecule has 2 aromatic rings. The molecule has 8 nitrogen and oxygen atoms in total. The Labute approximate surface area is 183 Å². The SMILES string of the molecule is O=C1CN(C(O)NC(CN2CCCC2)c2ccc(OC(F)(F)F)cc2)c2ncccc2N1. The number of amides is 1. The third-order valence-electron chi connectivity index (χ3n) is 5.45. The third kappa shape index (κ3) is 5.47. The van der Waals surface area contributed by atoms with Crippen LogP contribution < -0.4 is 20.3 Å². The van der Waals surface area contributed by atoms with Crippen LogP contribution in [0, 0.1) is 0 Å². The van der Waals surface area contributed by atoms with E-state index in [-0.39, 0.29) is 18.2 Å². The summed E-state index contributed by atoms with van der Waals surface area (Å²) in [5.74, 6) is -0.162. The van der Waals surface area contributed by atoms with Crippen LogP contribution in [0.3, 0.4) is 0 Å². The van der Waals surface area contributed by atoms with Gasteiger partial charge in [-0.15, -0.1) is 13.2 Å². The maximum atomic E-state index is 12.5. The molecule has 1 amide bonds. The number of nitrogens with zero attached hydrogens (tertiary/aromatic N) is 3. The summed E-state index contributed by atoms with van der Waals surface area (Å²) in [6, 6.07) is 8.55. The summed E-state index contributed by atoms with van der Waals surface area (Å²) in [4.78, 5) is 20.0. The molecule has 3 N–H and O–H groups in total. The second-order valence-corrected chi connectivity index (χ2v) is 7.77. The number of anilines is 2. The predicted octanol–water partition coefficient (Wildman–Crippen LogP) is 2.44. The lowest BCUT2D eigenvalue weighted by Gasteiger charge is -2.36. The van der Waals surface area contributed by atoms with Crippen LogP contribution in [0.1, 0.15) is 24.4 Å². The molecule has 0 saturated carbocycles. The minimum absolute atomic E-state index is 0.0903. The molecule has 2 unspecified atom stereocenters. The fourth-order valence-electron chi connectivity index (χ4n) is 3.99. The van der Waals surface area contributed by atoms with Crippen molar-refractivity contribution in [3.8, 4) is 5.75 Å². The maximum absolute atomic E-state index is 12.5. The molecule has 0 spiro atoms. The van der Waals surface area contributed by atoms with Crippen LogP contribution in [0.5, 0.6) is 5.75 Å². The zero-order chi connectivity index (χ0) is 22.7. The lowest BCUT2D eigenvalue weighted by Crippen LogP contribution is -2.53. The van der Waals surface area contributed by atoms with Gasteiger partial charge in [-0.3, -0.25) is 10.1 Å². The first kappa shape index (κ1) is 22.3. The molecule has 1 aromatic carbocycles. The van der Waals surface area contributed by atoms with Crippen molar-refractivity contribution in [1.82, 2.24) is 15.2 Å². The van der Waals surface area contributed by atoms with Gasteiger partial charge in [0.15, 0.2) is 12.2 Å². The Morgan fingerprint density at radius 1 is 1.19 bits per heavy atom. The second-order valence-electron chi connectivity index (χ2n) is 7.77. The highest BCUT2D eigenvalue weighted by Gasteiger charge is 2.32. The zero-order valence-corrected chi connectivity index (χ0v) is 17.2. The lowest BCUT2D eigenvalue weighted by atomic mass is 10.1. The molecule has 0 radical (unpaired) electrons. The number of rotatable bonds is 7. The Bertz CT molecular complexity index is 935. The Kier molecular flexibility index (Phi) is 6.49. The van der Waals surface area contributed by atoms with Gasteiger partial charge in [-0.05, 0) is 55.8 Å². The van der Waals surface area contributed by atoms with Gasteiger partial charge in [0.25, 0.3) is 0 Å². The minimum atomic E-state index is -4.76. The first-order valence-corrected chi connectivity index (χ1v) is 10.3. The van der Waals surface area contributed by atoms with Gasteiger partial charge < -0.3 is 25.0 Å². The van der Waals surface area contributed by atoms with Crippen LogP contribution in [-0.4, -0.2) is 59.8 Å². The number of nitrogens with one attached hydrogen (secondary N) is 2. The van der Waals surface area contributed by atoms with Gasteiger partial charge in [0, 0.05) is 18.8 Å². The van der Waals surface area contributed by atoms with Crippen molar-refractivity contribution in [1.29, 1.82) is 0 Å². The molecule has 1 aromatic heterocycles. The number of carbonyl (C=O) groups excluding carboxylic acids is 1. The number of pyridine rings is 1. The largest absolute Gasteiger partial charge is 0.573 e. The Hall–Kier alpha value is -2.89. The van der Waals surface area contributed by atoms with E-state index in [4.69, 9.17) is 0 Å². The van der Waals surface area contributed by atoms with Crippen molar-refractivity contribution in [2.24, 2.45) is 0 Å². The zero-order valence-electron chi connectivity index (χ0n) is 17.2. The van der Waals surface area contributed by atoms with Crippen molar-refractivity contribution < 1.29 is 27.8 Å². The average Bonchev–Trinajstić information content (AvgIpc) is 3.25. The van der Waals surface area contributed by atoms with Crippen LogP contribution in [-0.2, 0) is 4.79 Å². The lowest BCUT2D eigenvalue weighted by molar-refractivity contribution is -0.274. The maximum Gasteiger partial charge on any atom is 0.573 e. The summed E-state index contributed by atoms with van der Waals surface area (Å²) >= 11 is 0. The van der Waals surface area contributed by atoms with Gasteiger partial charge in [0.1, 0.15) is 12.3 Å². The average molecular weight is 451 g/mol. The van der Waals surface area contributed by atoms with E-state index in [0.717, 1.165) is 25.9 Å². The molecule has 32 heavy (non-hydrogen) atoms. The Morgan fingerprint density at radius 2 is 1.91 bits per heavy atom. The number of hydrogen-bond donors (Lipinski definition) is 3. The topological polar surface area (TPSA) is 90.0 Å². The number of carbonyl (C=O) groups is 1. The standard InChI is InChI=1S/C21H24F3N5O3/c22-21(23,24)32-15-7-5-14(6-8-15)17(12-28-10-1-2-11-28)27-20(31)29-13-18(30)26-16-4-3-9-25-19(16)29/h3-9,17,20,27,31H,1-2,10-13H2,(H,26,30). The summed E-state index contributed by atoms with van der Waals surface area (Å²) in [6.45, 7) is 2.26. The molecule has 2 aliphatic heterocycles. The summed E-state index contributed by atoms with van der Waals surface area (Å²) in [7, 11) is 0. The highest BCUT2D eigenvalue weighted by molar-refractivity contribution is 6.00. The van der Waals surface area contributed by atoms with Crippen LogP contribution in [0.2, 0.25) is 0 Å². The fraction of sp³-hybridized carbons (Fsp3) is 0.429. The number of alkyl halides is 3. The molecule has 4 rings (SSSR count). The molecule has 3 heterocycles. The Balaban J connectivity index is 1.54. The van der Waals surface area contributed by atoms with E-state index in [0.29, 0.717) is 23.6 Å². The van der Waals surface area contributed by atoms with E-state index in [9.17, 15) is 23.1 Å². The molecule has 2 aliphatic rings. The van der Waals surface area contributed by atoms with Gasteiger partial charge in [0.05, 0.1) is 5.69 Å². The van der Waals surface area contributed by atoms with Gasteiger partial charge in [-0.1, -0.05) is 12.1 Å². The number of ether oxygens (including phenoxy) is 1. The first-order chi connectivity index (χ1) is 15.3. The Morgan fingerprint density at radius 3 is 2.59 bits per heavy atom. The van der Waals surface area contributed by atoms with E-state index in [1.807, 2.05) is 0 Å². The molecular weight excluding hydrogens is 427 g/mol. The normalized spacial score (nSPS) is 18.8. The summed E-state index contributed by atoms with van der Waals surface area (Å²) < 4.78 is 41.4. The predicted molar refractivity (Wildman–Crippen MR) is 111 cm³/mol. The van der Waals surface area contributed by atoms with E-state index in [1.54, 1.807) is 18.3 Å². The first-order valence-electron chi connectivity index (χ1n) is 10.3. The fourth-order valence-corrected chi connectivity index (χ4v) is 3.99. The summed E-state index contributed by atoms with van der Waals surface area (Å²) in [6.07, 6.45) is -2.31. The quantitative estimate of drug-likeness (QED) is 0.557. The summed E-state index contributed by atoms with van der Waals surface area (Å²) in [5, 5.41) is 16.8. The second kappa shape index (κ2) is 9.31. The van der Waals surface area contributed by atoms with Gasteiger partial charge in [-0.2, -0.15) is 0 Å². The molecule has 172 valence electrons. The van der Waals surface area contributed by atoms with Crippen molar-refractivity contribution in [3.63, 3.8) is 0 Å². The van der Waals surface area contributed by atoms with Gasteiger partial charge in [0.2, 0.25) is 5.91 Å². The van der Waals surface area contributed by atoms with Crippen molar-refractivity contribution in [2.45, 2.75) is 31.6 Å². The molecule has 11 heteroatoms. The number of halogens is 3. The van der Waals surface area contributed by atoms with Crippen LogP contribution in [0.25, 0.3) is 0 Å². The van der Waals surface area contributed by atoms with Crippen LogP contribution >= 0.6 is 0 Å². The van der Waals surface area contributed by atoms with Crippen molar-refractivity contribution in [3.05, 3.63) is 48.2 Å². The van der Waals surface area contributed by atoms with Crippen molar-refractivity contribution in [2.75, 3.05) is 36.4 Å². The monoisotopic (exact) mass is 451 g/mol. The molecule has 0 aliphatic carbocycles. The number of aromatic nitrogens is 1. The van der Waals surface area contributed by atoms with Gasteiger partial charge in [-0.25, -0.2) is 4.98 Å². The highest BCUT2D eigenvalue weighted by Crippen LogP contribution is 2.29. The smallest absolute Gasteiger partial charge is 0.406 e. The molecule has 1 saturated heterocycles. The van der Waals surface area contributed by atoms with Crippen LogP contribution in [0.4, 0.5) is 24.7 Å². The molecule has 1 fully saturated rings. The number of aliphatic hydroxyl groups is 1. The highest BCUT2D eigenvalue weighted by atomic mass is 19.4. The van der Waals surface area contributed by atoms with E-state index in [2.05, 4.69) is 25.3 Å². The number of likely N-dealkylation sites (tertiary alicyclic amines) is 1. The molecular formula is C21H24F3N5O3. The van der Waals surface area contributed by atoms with Crippen LogP contribution in [0.15, 0.2) is 42.6 Å². The van der Waals surface area contributed by atoms with E-state index < -0.39 is 18.8 Å². The van der Waals surface area contributed by atoms with E-state index in [1.165, 1.54) is 29.2 Å². The van der Waals surface area contributed by atoms with E-state index >= 15 is 0 Å². The third-order valence-corrected chi connectivity index (χ3v) is 5.45. The minimum Gasteiger partial charge on any atom is -0.406 e. The molecule has 2 atom stereocenters. The number of fused-ring (bicyclic) bond motifs is 1. The molecule has 0 bridgehead atoms. The number of hydrogen-bond acceptors (Lipinski definition) is 7. The van der Waals surface area contributed by atoms with Crippen molar-refractivity contribution >= 4 is 17.4 Å². The van der Waals surface area contributed by atoms with Gasteiger partial charge >= 0.3 is 6.36 Å². The number of aliphatic hydroxyl groups excluding tert-OH is 1. The number of benzene rings is 1. The summed E-state index contributed by atoms with van der Waals surface area (Å²) in [5.41, 5.74) is 1.18.